The van der Waals surface area contributed by atoms with Crippen LogP contribution in [-0.4, -0.2) is 20.5 Å². The summed E-state index contributed by atoms with van der Waals surface area (Å²) in [5.41, 5.74) is 2.80. The number of hydrogen-bond acceptors (Lipinski definition) is 2. The smallest absolute Gasteiger partial charge is 0.312 e. The summed E-state index contributed by atoms with van der Waals surface area (Å²) < 4.78 is 2.04. The van der Waals surface area contributed by atoms with Crippen LogP contribution >= 0.6 is 12.2 Å². The highest BCUT2D eigenvalue weighted by atomic mass is 32.1. The zero-order valence-corrected chi connectivity index (χ0v) is 11.1. The Morgan fingerprint density at radius 1 is 1.21 bits per heavy atom. The Kier molecular flexibility index (Phi) is 2.95. The maximum Gasteiger partial charge on any atom is 0.312 e. The van der Waals surface area contributed by atoms with Crippen LogP contribution in [0, 0.1) is 0 Å². The lowest BCUT2D eigenvalue weighted by Crippen LogP contribution is -2.09. The molecule has 0 spiro atoms. The number of carboxylic acids is 1. The number of aliphatic carboxylic acids is 1. The van der Waals surface area contributed by atoms with Crippen LogP contribution < -0.4 is 0 Å². The molecule has 1 N–H and O–H groups in total. The van der Waals surface area contributed by atoms with E-state index in [0.29, 0.717) is 6.42 Å². The average molecular weight is 271 g/mol. The van der Waals surface area contributed by atoms with Crippen LogP contribution in [0.15, 0.2) is 42.5 Å². The molecule has 4 heteroatoms. The van der Waals surface area contributed by atoms with Gasteiger partial charge in [-0.05, 0) is 24.1 Å². The van der Waals surface area contributed by atoms with Gasteiger partial charge in [-0.15, -0.1) is 0 Å². The van der Waals surface area contributed by atoms with Crippen molar-refractivity contribution in [3.05, 3.63) is 59.4 Å². The van der Waals surface area contributed by atoms with Crippen molar-refractivity contribution in [2.24, 2.45) is 0 Å². The number of nitrogens with zero attached hydrogens (tertiary/aromatic N) is 1. The minimum Gasteiger partial charge on any atom is -0.481 e. The van der Waals surface area contributed by atoms with Gasteiger partial charge in [0.15, 0.2) is 0 Å². The molecule has 0 saturated carbocycles. The minimum absolute atomic E-state index is 0.396. The van der Waals surface area contributed by atoms with E-state index in [-0.39, 0.29) is 0 Å². The second-order valence-electron chi connectivity index (χ2n) is 4.67. The fourth-order valence-corrected chi connectivity index (χ4v) is 2.94. The molecule has 0 aliphatic carbocycles. The first-order valence-electron chi connectivity index (χ1n) is 6.20. The Labute approximate surface area is 116 Å². The van der Waals surface area contributed by atoms with E-state index in [1.807, 2.05) is 47.0 Å². The molecule has 0 saturated heterocycles. The lowest BCUT2D eigenvalue weighted by molar-refractivity contribution is -0.138. The largest absolute Gasteiger partial charge is 0.481 e. The molecule has 1 aromatic carbocycles. The van der Waals surface area contributed by atoms with Crippen LogP contribution in [0.2, 0.25) is 0 Å². The van der Waals surface area contributed by atoms with Crippen molar-refractivity contribution in [1.29, 1.82) is 0 Å². The normalized spacial score (nSPS) is 17.2. The lowest BCUT2D eigenvalue weighted by Gasteiger charge is -2.07. The first-order valence-corrected chi connectivity index (χ1v) is 6.61. The van der Waals surface area contributed by atoms with Gasteiger partial charge in [0.25, 0.3) is 0 Å². The van der Waals surface area contributed by atoms with Crippen molar-refractivity contribution in [3.8, 4) is 0 Å². The van der Waals surface area contributed by atoms with E-state index in [0.717, 1.165) is 28.4 Å². The molecule has 0 bridgehead atoms. The Morgan fingerprint density at radius 2 is 1.95 bits per heavy atom. The van der Waals surface area contributed by atoms with Crippen LogP contribution in [0.4, 0.5) is 0 Å². The molecule has 1 atom stereocenters. The summed E-state index contributed by atoms with van der Waals surface area (Å²) >= 11 is 5.52. The first kappa shape index (κ1) is 12.1. The van der Waals surface area contributed by atoms with Crippen molar-refractivity contribution >= 4 is 23.1 Å². The molecule has 2 aromatic rings. The standard InChI is InChI=1S/C15H13NO2S/c17-15(18)11-8-9-16-12(11)6-7-13(16)14(19)10-4-2-1-3-5-10/h1-7,11H,8-9H2,(H,17,18). The summed E-state index contributed by atoms with van der Waals surface area (Å²) in [6.45, 7) is 0.724. The van der Waals surface area contributed by atoms with E-state index in [4.69, 9.17) is 12.2 Å². The Hall–Kier alpha value is -1.94. The number of rotatable bonds is 3. The van der Waals surface area contributed by atoms with E-state index in [2.05, 4.69) is 0 Å². The molecule has 1 aromatic heterocycles. The van der Waals surface area contributed by atoms with Gasteiger partial charge in [-0.1, -0.05) is 42.5 Å². The van der Waals surface area contributed by atoms with Gasteiger partial charge < -0.3 is 9.67 Å². The molecular formula is C15H13NO2S. The number of carbonyl (C=O) groups is 1. The zero-order valence-electron chi connectivity index (χ0n) is 10.2. The van der Waals surface area contributed by atoms with Gasteiger partial charge >= 0.3 is 5.97 Å². The van der Waals surface area contributed by atoms with Crippen molar-refractivity contribution < 1.29 is 9.90 Å². The van der Waals surface area contributed by atoms with Gasteiger partial charge in [-0.3, -0.25) is 4.79 Å². The van der Waals surface area contributed by atoms with E-state index in [1.165, 1.54) is 0 Å². The van der Waals surface area contributed by atoms with Gasteiger partial charge in [0.2, 0.25) is 0 Å². The summed E-state index contributed by atoms with van der Waals surface area (Å²) in [5.74, 6) is -1.15. The SMILES string of the molecule is O=C(O)C1CCn2c(C(=S)c3ccccc3)ccc21. The van der Waals surface area contributed by atoms with Gasteiger partial charge in [-0.25, -0.2) is 0 Å². The van der Waals surface area contributed by atoms with Gasteiger partial charge in [0, 0.05) is 12.2 Å². The highest BCUT2D eigenvalue weighted by Crippen LogP contribution is 2.31. The number of aromatic nitrogens is 1. The van der Waals surface area contributed by atoms with Crippen LogP contribution in [0.25, 0.3) is 0 Å². The number of hydrogen-bond donors (Lipinski definition) is 1. The van der Waals surface area contributed by atoms with Crippen LogP contribution in [0.1, 0.15) is 29.3 Å². The molecule has 3 nitrogen and oxygen atoms in total. The third kappa shape index (κ3) is 1.98. The molecule has 2 heterocycles. The average Bonchev–Trinajstić information content (AvgIpc) is 2.99. The number of carboxylic acid groups (broad SMARTS) is 1. The summed E-state index contributed by atoms with van der Waals surface area (Å²) in [6, 6.07) is 13.6. The molecule has 19 heavy (non-hydrogen) atoms. The molecule has 0 fully saturated rings. The predicted octanol–water partition coefficient (Wildman–Crippen LogP) is 2.83. The van der Waals surface area contributed by atoms with Crippen molar-refractivity contribution in [2.45, 2.75) is 18.9 Å². The molecule has 96 valence electrons. The predicted molar refractivity (Wildman–Crippen MR) is 76.7 cm³/mol. The Bertz CT molecular complexity index is 645. The maximum atomic E-state index is 11.2. The van der Waals surface area contributed by atoms with Crippen molar-refractivity contribution in [1.82, 2.24) is 4.57 Å². The first-order chi connectivity index (χ1) is 9.18. The Morgan fingerprint density at radius 3 is 2.63 bits per heavy atom. The number of fused-ring (bicyclic) bond motifs is 1. The fraction of sp³-hybridized carbons (Fsp3) is 0.200. The highest BCUT2D eigenvalue weighted by molar-refractivity contribution is 7.81. The van der Waals surface area contributed by atoms with Crippen LogP contribution in [0.5, 0.6) is 0 Å². The molecule has 0 amide bonds. The lowest BCUT2D eigenvalue weighted by atomic mass is 10.1. The van der Waals surface area contributed by atoms with Gasteiger partial charge in [0.05, 0.1) is 16.5 Å². The fourth-order valence-electron chi connectivity index (χ4n) is 2.63. The quantitative estimate of drug-likeness (QED) is 0.689. The second-order valence-corrected chi connectivity index (χ2v) is 5.08. The van der Waals surface area contributed by atoms with E-state index < -0.39 is 11.9 Å². The molecule has 1 unspecified atom stereocenters. The minimum atomic E-state index is -0.756. The summed E-state index contributed by atoms with van der Waals surface area (Å²) in [7, 11) is 0. The molecule has 1 aliphatic rings. The topological polar surface area (TPSA) is 42.2 Å². The van der Waals surface area contributed by atoms with E-state index in [1.54, 1.807) is 0 Å². The van der Waals surface area contributed by atoms with E-state index >= 15 is 0 Å². The zero-order chi connectivity index (χ0) is 13.4. The molecule has 0 radical (unpaired) electrons. The summed E-state index contributed by atoms with van der Waals surface area (Å²) in [5, 5.41) is 9.18. The third-order valence-corrected chi connectivity index (χ3v) is 4.02. The highest BCUT2D eigenvalue weighted by Gasteiger charge is 2.30. The van der Waals surface area contributed by atoms with Crippen molar-refractivity contribution in [2.75, 3.05) is 0 Å². The van der Waals surface area contributed by atoms with Gasteiger partial charge in [0.1, 0.15) is 0 Å². The van der Waals surface area contributed by atoms with Gasteiger partial charge in [-0.2, -0.15) is 0 Å². The monoisotopic (exact) mass is 271 g/mol. The second kappa shape index (κ2) is 4.63. The number of thiocarbonyl (C=S) groups is 1. The third-order valence-electron chi connectivity index (χ3n) is 3.58. The van der Waals surface area contributed by atoms with Crippen LogP contribution in [-0.2, 0) is 11.3 Å². The van der Waals surface area contributed by atoms with E-state index in [9.17, 15) is 9.90 Å². The number of benzene rings is 1. The summed E-state index contributed by atoms with van der Waals surface area (Å²) in [6.07, 6.45) is 0.649. The summed E-state index contributed by atoms with van der Waals surface area (Å²) in [4.78, 5) is 11.9. The molecule has 1 aliphatic heterocycles. The van der Waals surface area contributed by atoms with Crippen molar-refractivity contribution in [3.63, 3.8) is 0 Å². The Balaban J connectivity index is 1.99. The maximum absolute atomic E-state index is 11.2. The molecular weight excluding hydrogens is 258 g/mol. The van der Waals surface area contributed by atoms with Crippen LogP contribution in [0.3, 0.4) is 0 Å². The molecule has 3 rings (SSSR count).